The fourth-order valence-corrected chi connectivity index (χ4v) is 1.79. The fourth-order valence-electron chi connectivity index (χ4n) is 1.21. The SMILES string of the molecule is CC(C)(C(O)Cc1ccccn1)S(C)(=O)=O. The van der Waals surface area contributed by atoms with Crippen LogP contribution in [0.2, 0.25) is 0 Å². The molecule has 5 heteroatoms. The molecule has 1 N–H and O–H groups in total. The van der Waals surface area contributed by atoms with Crippen molar-refractivity contribution in [2.24, 2.45) is 0 Å². The third kappa shape index (κ3) is 2.80. The van der Waals surface area contributed by atoms with E-state index in [2.05, 4.69) is 4.98 Å². The van der Waals surface area contributed by atoms with Gasteiger partial charge in [0.05, 0.1) is 10.9 Å². The van der Waals surface area contributed by atoms with Crippen LogP contribution in [0.3, 0.4) is 0 Å². The van der Waals surface area contributed by atoms with Gasteiger partial charge < -0.3 is 5.11 Å². The minimum atomic E-state index is -3.30. The van der Waals surface area contributed by atoms with E-state index in [1.807, 2.05) is 6.07 Å². The zero-order valence-electron chi connectivity index (χ0n) is 9.71. The normalized spacial score (nSPS) is 14.8. The van der Waals surface area contributed by atoms with Gasteiger partial charge in [-0.15, -0.1) is 0 Å². The molecule has 0 aliphatic rings. The van der Waals surface area contributed by atoms with Crippen LogP contribution in [0.25, 0.3) is 0 Å². The van der Waals surface area contributed by atoms with Crippen molar-refractivity contribution in [1.29, 1.82) is 0 Å². The number of hydrogen-bond donors (Lipinski definition) is 1. The van der Waals surface area contributed by atoms with E-state index in [1.165, 1.54) is 13.8 Å². The van der Waals surface area contributed by atoms with Crippen molar-refractivity contribution in [1.82, 2.24) is 4.98 Å². The Morgan fingerprint density at radius 3 is 2.50 bits per heavy atom. The number of aliphatic hydroxyl groups excluding tert-OH is 1. The van der Waals surface area contributed by atoms with Gasteiger partial charge in [0.2, 0.25) is 0 Å². The largest absolute Gasteiger partial charge is 0.391 e. The van der Waals surface area contributed by atoms with Gasteiger partial charge in [0, 0.05) is 24.6 Å². The number of rotatable bonds is 4. The van der Waals surface area contributed by atoms with Crippen molar-refractivity contribution in [2.75, 3.05) is 6.26 Å². The highest BCUT2D eigenvalue weighted by molar-refractivity contribution is 7.92. The van der Waals surface area contributed by atoms with Crippen molar-refractivity contribution >= 4 is 9.84 Å². The van der Waals surface area contributed by atoms with Gasteiger partial charge in [-0.1, -0.05) is 6.07 Å². The molecule has 1 heterocycles. The Morgan fingerprint density at radius 1 is 1.44 bits per heavy atom. The number of hydrogen-bond acceptors (Lipinski definition) is 4. The van der Waals surface area contributed by atoms with Crippen LogP contribution in [0.4, 0.5) is 0 Å². The van der Waals surface area contributed by atoms with E-state index in [0.717, 1.165) is 6.26 Å². The van der Waals surface area contributed by atoms with Crippen LogP contribution in [-0.2, 0) is 16.3 Å². The minimum Gasteiger partial charge on any atom is -0.391 e. The monoisotopic (exact) mass is 243 g/mol. The van der Waals surface area contributed by atoms with E-state index in [-0.39, 0.29) is 6.42 Å². The van der Waals surface area contributed by atoms with Gasteiger partial charge in [-0.05, 0) is 26.0 Å². The van der Waals surface area contributed by atoms with Crippen molar-refractivity contribution in [3.63, 3.8) is 0 Å². The number of aromatic nitrogens is 1. The molecule has 0 fully saturated rings. The smallest absolute Gasteiger partial charge is 0.155 e. The van der Waals surface area contributed by atoms with E-state index < -0.39 is 20.7 Å². The summed E-state index contributed by atoms with van der Waals surface area (Å²) in [5, 5.41) is 9.95. The van der Waals surface area contributed by atoms with Gasteiger partial charge in [0.1, 0.15) is 0 Å². The molecule has 1 atom stereocenters. The standard InChI is InChI=1S/C11H17NO3S/c1-11(2,16(3,14)15)10(13)8-9-6-4-5-7-12-9/h4-7,10,13H,8H2,1-3H3. The van der Waals surface area contributed by atoms with Crippen LogP contribution < -0.4 is 0 Å². The summed E-state index contributed by atoms with van der Waals surface area (Å²) in [6.07, 6.45) is 2.03. The van der Waals surface area contributed by atoms with Gasteiger partial charge in [0.15, 0.2) is 9.84 Å². The summed E-state index contributed by atoms with van der Waals surface area (Å²) in [7, 11) is -3.30. The first-order valence-electron chi connectivity index (χ1n) is 5.02. The molecule has 0 bridgehead atoms. The van der Waals surface area contributed by atoms with Gasteiger partial charge in [-0.2, -0.15) is 0 Å². The van der Waals surface area contributed by atoms with Crippen LogP contribution in [0.1, 0.15) is 19.5 Å². The average molecular weight is 243 g/mol. The number of nitrogens with zero attached hydrogens (tertiary/aromatic N) is 1. The molecule has 0 spiro atoms. The Balaban J connectivity index is 2.85. The molecule has 0 saturated carbocycles. The molecule has 1 unspecified atom stereocenters. The third-order valence-corrected chi connectivity index (χ3v) is 5.07. The van der Waals surface area contributed by atoms with E-state index in [4.69, 9.17) is 0 Å². The molecule has 0 aromatic carbocycles. The van der Waals surface area contributed by atoms with Crippen molar-refractivity contribution in [3.05, 3.63) is 30.1 Å². The van der Waals surface area contributed by atoms with Gasteiger partial charge >= 0.3 is 0 Å². The van der Waals surface area contributed by atoms with E-state index in [0.29, 0.717) is 5.69 Å². The first-order valence-corrected chi connectivity index (χ1v) is 6.92. The lowest BCUT2D eigenvalue weighted by atomic mass is 10.0. The number of pyridine rings is 1. The van der Waals surface area contributed by atoms with Crippen molar-refractivity contribution < 1.29 is 13.5 Å². The predicted octanol–water partition coefficient (Wildman–Crippen LogP) is 0.808. The second-order valence-electron chi connectivity index (χ2n) is 4.42. The summed E-state index contributed by atoms with van der Waals surface area (Å²) in [6.45, 7) is 3.05. The van der Waals surface area contributed by atoms with Gasteiger partial charge in [-0.3, -0.25) is 4.98 Å². The fraction of sp³-hybridized carbons (Fsp3) is 0.545. The van der Waals surface area contributed by atoms with Crippen LogP contribution in [-0.4, -0.2) is 35.6 Å². The Morgan fingerprint density at radius 2 is 2.06 bits per heavy atom. The molecule has 1 rings (SSSR count). The summed E-state index contributed by atoms with van der Waals surface area (Å²) in [4.78, 5) is 4.06. The second kappa shape index (κ2) is 4.51. The zero-order chi connectivity index (χ0) is 12.4. The maximum Gasteiger partial charge on any atom is 0.155 e. The molecule has 0 radical (unpaired) electrons. The van der Waals surface area contributed by atoms with Crippen LogP contribution in [0.15, 0.2) is 24.4 Å². The second-order valence-corrected chi connectivity index (χ2v) is 7.01. The summed E-state index contributed by atoms with van der Waals surface area (Å²) < 4.78 is 21.8. The maximum atomic E-state index is 11.5. The average Bonchev–Trinajstić information content (AvgIpc) is 2.17. The molecule has 16 heavy (non-hydrogen) atoms. The molecule has 0 aliphatic heterocycles. The van der Waals surface area contributed by atoms with E-state index in [9.17, 15) is 13.5 Å². The minimum absolute atomic E-state index is 0.237. The quantitative estimate of drug-likeness (QED) is 0.849. The predicted molar refractivity (Wildman–Crippen MR) is 62.9 cm³/mol. The Bertz CT molecular complexity index is 440. The topological polar surface area (TPSA) is 67.3 Å². The molecule has 0 aliphatic carbocycles. The summed E-state index contributed by atoms with van der Waals surface area (Å²) in [5.41, 5.74) is 0.687. The van der Waals surface area contributed by atoms with Crippen LogP contribution >= 0.6 is 0 Å². The molecule has 90 valence electrons. The van der Waals surface area contributed by atoms with E-state index in [1.54, 1.807) is 18.3 Å². The molecule has 1 aromatic heterocycles. The third-order valence-electron chi connectivity index (χ3n) is 2.89. The van der Waals surface area contributed by atoms with E-state index >= 15 is 0 Å². The molecular weight excluding hydrogens is 226 g/mol. The lowest BCUT2D eigenvalue weighted by Gasteiger charge is -2.28. The molecule has 0 amide bonds. The highest BCUT2D eigenvalue weighted by atomic mass is 32.2. The Kier molecular flexibility index (Phi) is 3.70. The molecule has 0 saturated heterocycles. The van der Waals surface area contributed by atoms with Crippen LogP contribution in [0, 0.1) is 0 Å². The maximum absolute atomic E-state index is 11.5. The lowest BCUT2D eigenvalue weighted by Crippen LogP contribution is -2.44. The molecule has 1 aromatic rings. The first-order chi connectivity index (χ1) is 7.25. The number of aliphatic hydroxyl groups is 1. The first kappa shape index (κ1) is 13.1. The van der Waals surface area contributed by atoms with Gasteiger partial charge in [-0.25, -0.2) is 8.42 Å². The molecular formula is C11H17NO3S. The summed E-state index contributed by atoms with van der Waals surface area (Å²) in [5.74, 6) is 0. The Labute approximate surface area is 96.3 Å². The molecule has 4 nitrogen and oxygen atoms in total. The highest BCUT2D eigenvalue weighted by Gasteiger charge is 2.38. The summed E-state index contributed by atoms with van der Waals surface area (Å²) in [6, 6.07) is 5.35. The highest BCUT2D eigenvalue weighted by Crippen LogP contribution is 2.22. The van der Waals surface area contributed by atoms with Crippen molar-refractivity contribution in [3.8, 4) is 0 Å². The lowest BCUT2D eigenvalue weighted by molar-refractivity contribution is 0.137. The zero-order valence-corrected chi connectivity index (χ0v) is 10.5. The Hall–Kier alpha value is -0.940. The van der Waals surface area contributed by atoms with Crippen LogP contribution in [0.5, 0.6) is 0 Å². The van der Waals surface area contributed by atoms with Gasteiger partial charge in [0.25, 0.3) is 0 Å². The number of sulfone groups is 1. The summed E-state index contributed by atoms with van der Waals surface area (Å²) >= 11 is 0. The van der Waals surface area contributed by atoms with Crippen molar-refractivity contribution in [2.45, 2.75) is 31.1 Å².